The van der Waals surface area contributed by atoms with Crippen molar-refractivity contribution in [3.05, 3.63) is 64.2 Å². The molecule has 0 radical (unpaired) electrons. The molecule has 2 aromatic carbocycles. The van der Waals surface area contributed by atoms with Crippen LogP contribution in [-0.2, 0) is 6.54 Å². The quantitative estimate of drug-likeness (QED) is 0.678. The van der Waals surface area contributed by atoms with E-state index in [-0.39, 0.29) is 11.9 Å². The number of aryl methyl sites for hydroxylation is 1. The summed E-state index contributed by atoms with van der Waals surface area (Å²) < 4.78 is 0. The number of halogens is 1. The highest BCUT2D eigenvalue weighted by molar-refractivity contribution is 6.34. The van der Waals surface area contributed by atoms with Crippen molar-refractivity contribution < 1.29 is 9.59 Å². The Kier molecular flexibility index (Phi) is 7.88. The summed E-state index contributed by atoms with van der Waals surface area (Å²) in [6, 6.07) is 12.7. The van der Waals surface area contributed by atoms with Crippen LogP contribution in [0.1, 0.15) is 42.3 Å². The largest absolute Gasteiger partial charge is 0.352 e. The third-order valence-corrected chi connectivity index (χ3v) is 4.74. The molecule has 2 N–H and O–H groups in total. The number of benzene rings is 2. The first-order valence-corrected chi connectivity index (χ1v) is 9.87. The Morgan fingerprint density at radius 3 is 2.46 bits per heavy atom. The molecule has 0 fully saturated rings. The molecule has 0 aliphatic carbocycles. The van der Waals surface area contributed by atoms with Gasteiger partial charge >= 0.3 is 6.03 Å². The van der Waals surface area contributed by atoms with Crippen molar-refractivity contribution in [1.29, 1.82) is 0 Å². The molecular formula is C22H28ClN3O2. The van der Waals surface area contributed by atoms with E-state index < -0.39 is 0 Å². The molecule has 150 valence electrons. The highest BCUT2D eigenvalue weighted by Crippen LogP contribution is 2.22. The molecule has 0 aliphatic rings. The Hall–Kier alpha value is -2.53. The third-order valence-electron chi connectivity index (χ3n) is 4.43. The number of amides is 3. The van der Waals surface area contributed by atoms with E-state index in [1.54, 1.807) is 23.1 Å². The molecule has 0 aromatic heterocycles. The summed E-state index contributed by atoms with van der Waals surface area (Å²) in [5, 5.41) is 6.01. The Morgan fingerprint density at radius 2 is 1.86 bits per heavy atom. The summed E-state index contributed by atoms with van der Waals surface area (Å²) in [6.07, 6.45) is 0. The molecule has 0 bridgehead atoms. The Bertz CT molecular complexity index is 836. The van der Waals surface area contributed by atoms with E-state index in [1.165, 1.54) is 0 Å². The van der Waals surface area contributed by atoms with E-state index in [0.717, 1.165) is 11.1 Å². The summed E-state index contributed by atoms with van der Waals surface area (Å²) in [7, 11) is 0. The molecule has 2 aromatic rings. The van der Waals surface area contributed by atoms with Gasteiger partial charge in [-0.1, -0.05) is 49.7 Å². The standard InChI is InChI=1S/C22H28ClN3O2/c1-5-26(14-17-9-7-6-8-16(17)4)22(28)25-18-10-11-19(20(23)12-18)21(27)24-13-15(2)3/h6-12,15H,5,13-14H2,1-4H3,(H,24,27)(H,25,28). The van der Waals surface area contributed by atoms with Crippen molar-refractivity contribution in [3.8, 4) is 0 Å². The van der Waals surface area contributed by atoms with E-state index in [1.807, 2.05) is 52.0 Å². The van der Waals surface area contributed by atoms with E-state index in [4.69, 9.17) is 11.6 Å². The van der Waals surface area contributed by atoms with Crippen LogP contribution in [0.3, 0.4) is 0 Å². The van der Waals surface area contributed by atoms with Gasteiger partial charge in [0.25, 0.3) is 5.91 Å². The van der Waals surface area contributed by atoms with Gasteiger partial charge in [-0.25, -0.2) is 4.79 Å². The van der Waals surface area contributed by atoms with Crippen molar-refractivity contribution in [2.24, 2.45) is 5.92 Å². The third kappa shape index (κ3) is 5.99. The maximum Gasteiger partial charge on any atom is 0.322 e. The zero-order chi connectivity index (χ0) is 20.7. The lowest BCUT2D eigenvalue weighted by Gasteiger charge is -2.22. The second-order valence-corrected chi connectivity index (χ2v) is 7.58. The smallest absolute Gasteiger partial charge is 0.322 e. The Morgan fingerprint density at radius 1 is 1.14 bits per heavy atom. The van der Waals surface area contributed by atoms with Gasteiger partial charge in [-0.2, -0.15) is 0 Å². The second kappa shape index (κ2) is 10.1. The van der Waals surface area contributed by atoms with Crippen LogP contribution in [0.15, 0.2) is 42.5 Å². The van der Waals surface area contributed by atoms with Gasteiger partial charge < -0.3 is 15.5 Å². The maximum atomic E-state index is 12.7. The summed E-state index contributed by atoms with van der Waals surface area (Å²) in [4.78, 5) is 26.6. The summed E-state index contributed by atoms with van der Waals surface area (Å²) >= 11 is 6.26. The average Bonchev–Trinajstić information content (AvgIpc) is 2.65. The van der Waals surface area contributed by atoms with Gasteiger partial charge in [0.1, 0.15) is 0 Å². The number of rotatable bonds is 7. The summed E-state index contributed by atoms with van der Waals surface area (Å²) in [5.74, 6) is 0.140. The molecule has 3 amide bonds. The van der Waals surface area contributed by atoms with E-state index in [2.05, 4.69) is 10.6 Å². The van der Waals surface area contributed by atoms with Crippen molar-refractivity contribution in [2.45, 2.75) is 34.2 Å². The molecular weight excluding hydrogens is 374 g/mol. The van der Waals surface area contributed by atoms with Crippen molar-refractivity contribution in [1.82, 2.24) is 10.2 Å². The van der Waals surface area contributed by atoms with Crippen LogP contribution in [0.2, 0.25) is 5.02 Å². The van der Waals surface area contributed by atoms with Crippen LogP contribution >= 0.6 is 11.6 Å². The van der Waals surface area contributed by atoms with Gasteiger partial charge in [0.2, 0.25) is 0 Å². The SMILES string of the molecule is CCN(Cc1ccccc1C)C(=O)Nc1ccc(C(=O)NCC(C)C)c(Cl)c1. The minimum atomic E-state index is -0.216. The van der Waals surface area contributed by atoms with E-state index >= 15 is 0 Å². The fraction of sp³-hybridized carbons (Fsp3) is 0.364. The number of hydrogen-bond acceptors (Lipinski definition) is 2. The molecule has 2 rings (SSSR count). The first-order chi connectivity index (χ1) is 13.3. The molecule has 5 nitrogen and oxygen atoms in total. The minimum absolute atomic E-state index is 0.209. The number of urea groups is 1. The lowest BCUT2D eigenvalue weighted by Crippen LogP contribution is -2.34. The van der Waals surface area contributed by atoms with Crippen molar-refractivity contribution in [2.75, 3.05) is 18.4 Å². The first kappa shape index (κ1) is 21.8. The number of carbonyl (C=O) groups excluding carboxylic acids is 2. The van der Waals surface area contributed by atoms with Gasteiger partial charge in [-0.3, -0.25) is 4.79 Å². The summed E-state index contributed by atoms with van der Waals surface area (Å²) in [5.41, 5.74) is 3.20. The van der Waals surface area contributed by atoms with Crippen LogP contribution in [-0.4, -0.2) is 29.9 Å². The monoisotopic (exact) mass is 401 g/mol. The minimum Gasteiger partial charge on any atom is -0.352 e. The highest BCUT2D eigenvalue weighted by Gasteiger charge is 2.15. The van der Waals surface area contributed by atoms with Gasteiger partial charge in [0.05, 0.1) is 10.6 Å². The topological polar surface area (TPSA) is 61.4 Å². The fourth-order valence-corrected chi connectivity index (χ4v) is 2.96. The fourth-order valence-electron chi connectivity index (χ4n) is 2.69. The zero-order valence-electron chi connectivity index (χ0n) is 16.9. The van der Waals surface area contributed by atoms with Crippen LogP contribution in [0, 0.1) is 12.8 Å². The van der Waals surface area contributed by atoms with Gasteiger partial charge in [0, 0.05) is 25.3 Å². The number of hydrogen-bond donors (Lipinski definition) is 2. The highest BCUT2D eigenvalue weighted by atomic mass is 35.5. The van der Waals surface area contributed by atoms with Crippen LogP contribution < -0.4 is 10.6 Å². The van der Waals surface area contributed by atoms with Crippen molar-refractivity contribution >= 4 is 29.2 Å². The van der Waals surface area contributed by atoms with Crippen LogP contribution in [0.25, 0.3) is 0 Å². The molecule has 0 saturated carbocycles. The molecule has 0 aliphatic heterocycles. The molecule has 6 heteroatoms. The lowest BCUT2D eigenvalue weighted by molar-refractivity contribution is 0.0949. The van der Waals surface area contributed by atoms with E-state index in [9.17, 15) is 9.59 Å². The lowest BCUT2D eigenvalue weighted by atomic mass is 10.1. The Balaban J connectivity index is 2.05. The first-order valence-electron chi connectivity index (χ1n) is 9.50. The summed E-state index contributed by atoms with van der Waals surface area (Å²) in [6.45, 7) is 9.70. The molecule has 0 heterocycles. The van der Waals surface area contributed by atoms with Gasteiger partial charge in [-0.15, -0.1) is 0 Å². The number of nitrogens with one attached hydrogen (secondary N) is 2. The number of carbonyl (C=O) groups is 2. The Labute approximate surface area is 172 Å². The normalized spacial score (nSPS) is 10.6. The van der Waals surface area contributed by atoms with Crippen LogP contribution in [0.5, 0.6) is 0 Å². The maximum absolute atomic E-state index is 12.7. The molecule has 0 spiro atoms. The van der Waals surface area contributed by atoms with Gasteiger partial charge in [-0.05, 0) is 49.1 Å². The van der Waals surface area contributed by atoms with Crippen molar-refractivity contribution in [3.63, 3.8) is 0 Å². The second-order valence-electron chi connectivity index (χ2n) is 7.17. The average molecular weight is 402 g/mol. The van der Waals surface area contributed by atoms with Crippen LogP contribution in [0.4, 0.5) is 10.5 Å². The molecule has 0 atom stereocenters. The van der Waals surface area contributed by atoms with E-state index in [0.29, 0.717) is 41.8 Å². The molecule has 28 heavy (non-hydrogen) atoms. The molecule has 0 saturated heterocycles. The zero-order valence-corrected chi connectivity index (χ0v) is 17.6. The predicted octanol–water partition coefficient (Wildman–Crippen LogP) is 5.09. The number of anilines is 1. The predicted molar refractivity (Wildman–Crippen MR) is 115 cm³/mol. The van der Waals surface area contributed by atoms with Gasteiger partial charge in [0.15, 0.2) is 0 Å². The molecule has 0 unspecified atom stereocenters. The number of nitrogens with zero attached hydrogens (tertiary/aromatic N) is 1.